The number of Topliss-reactive ketones (excluding diaryl/α,β-unsaturated/α-hetero) is 1. The normalized spacial score (nSPS) is 10.7. The first-order chi connectivity index (χ1) is 11.4. The van der Waals surface area contributed by atoms with Crippen LogP contribution in [-0.4, -0.2) is 11.9 Å². The van der Waals surface area contributed by atoms with Crippen molar-refractivity contribution < 1.29 is 14.3 Å². The Morgan fingerprint density at radius 3 is 2.54 bits per heavy atom. The van der Waals surface area contributed by atoms with E-state index in [-0.39, 0.29) is 11.9 Å². The van der Waals surface area contributed by atoms with Crippen LogP contribution in [0.2, 0.25) is 0 Å². The lowest BCUT2D eigenvalue weighted by atomic mass is 10.1. The number of benzene rings is 2. The van der Waals surface area contributed by atoms with Crippen LogP contribution in [0.25, 0.3) is 0 Å². The third-order valence-electron chi connectivity index (χ3n) is 3.67. The number of aryl methyl sites for hydroxylation is 2. The Labute approximate surface area is 144 Å². The fraction of sp³-hybridized carbons (Fsp3) is 0.381. The molecule has 0 radical (unpaired) electrons. The first kappa shape index (κ1) is 18.1. The van der Waals surface area contributed by atoms with Gasteiger partial charge in [-0.1, -0.05) is 24.3 Å². The van der Waals surface area contributed by atoms with Crippen LogP contribution in [0.1, 0.15) is 43.9 Å². The van der Waals surface area contributed by atoms with Crippen LogP contribution in [0.4, 0.5) is 0 Å². The minimum Gasteiger partial charge on any atom is -0.491 e. The van der Waals surface area contributed by atoms with Crippen LogP contribution < -0.4 is 9.47 Å². The lowest BCUT2D eigenvalue weighted by Crippen LogP contribution is -2.06. The van der Waals surface area contributed by atoms with E-state index >= 15 is 0 Å². The zero-order valence-corrected chi connectivity index (χ0v) is 15.0. The summed E-state index contributed by atoms with van der Waals surface area (Å²) in [5.41, 5.74) is 3.33. The molecule has 2 rings (SSSR count). The second-order valence-electron chi connectivity index (χ2n) is 6.40. The van der Waals surface area contributed by atoms with E-state index < -0.39 is 0 Å². The maximum absolute atomic E-state index is 11.1. The van der Waals surface area contributed by atoms with E-state index in [1.165, 1.54) is 5.56 Å². The second kappa shape index (κ2) is 8.53. The van der Waals surface area contributed by atoms with Crippen LogP contribution in [0.5, 0.6) is 11.5 Å². The molecule has 0 bridgehead atoms. The monoisotopic (exact) mass is 326 g/mol. The number of ether oxygens (including phenoxy) is 2. The van der Waals surface area contributed by atoms with Gasteiger partial charge in [0.25, 0.3) is 0 Å². The standard InChI is InChI=1S/C21H26O3/c1-15(2)24-20-7-5-6-19(13-20)14-23-21-11-10-18(12-16(21)3)9-8-17(4)22/h5-7,10-13,15H,8-9,14H2,1-4H3. The summed E-state index contributed by atoms with van der Waals surface area (Å²) in [6.45, 7) is 8.19. The smallest absolute Gasteiger partial charge is 0.130 e. The molecule has 3 heteroatoms. The van der Waals surface area contributed by atoms with Crippen molar-refractivity contribution in [2.24, 2.45) is 0 Å². The molecule has 0 unspecified atom stereocenters. The summed E-state index contributed by atoms with van der Waals surface area (Å²) < 4.78 is 11.7. The highest BCUT2D eigenvalue weighted by atomic mass is 16.5. The molecular formula is C21H26O3. The predicted molar refractivity (Wildman–Crippen MR) is 96.7 cm³/mol. The van der Waals surface area contributed by atoms with E-state index in [0.717, 1.165) is 29.0 Å². The van der Waals surface area contributed by atoms with Crippen LogP contribution in [0, 0.1) is 6.92 Å². The summed E-state index contributed by atoms with van der Waals surface area (Å²) in [7, 11) is 0. The zero-order chi connectivity index (χ0) is 17.5. The Bertz CT molecular complexity index is 689. The number of hydrogen-bond acceptors (Lipinski definition) is 3. The molecule has 0 aliphatic heterocycles. The minimum absolute atomic E-state index is 0.158. The number of carbonyl (C=O) groups excluding carboxylic acids is 1. The van der Waals surface area contributed by atoms with Crippen LogP contribution >= 0.6 is 0 Å². The largest absolute Gasteiger partial charge is 0.491 e. The van der Waals surface area contributed by atoms with Gasteiger partial charge in [-0.15, -0.1) is 0 Å². The van der Waals surface area contributed by atoms with Gasteiger partial charge in [0.2, 0.25) is 0 Å². The molecule has 0 aromatic heterocycles. The SMILES string of the molecule is CC(=O)CCc1ccc(OCc2cccc(OC(C)C)c2)c(C)c1. The second-order valence-corrected chi connectivity index (χ2v) is 6.40. The highest BCUT2D eigenvalue weighted by molar-refractivity contribution is 5.75. The van der Waals surface area contributed by atoms with Gasteiger partial charge in [-0.25, -0.2) is 0 Å². The average molecular weight is 326 g/mol. The first-order valence-corrected chi connectivity index (χ1v) is 8.41. The number of hydrogen-bond donors (Lipinski definition) is 0. The zero-order valence-electron chi connectivity index (χ0n) is 15.0. The predicted octanol–water partition coefficient (Wildman–Crippen LogP) is 4.88. The molecule has 0 aliphatic carbocycles. The molecule has 2 aromatic carbocycles. The molecule has 0 saturated carbocycles. The fourth-order valence-electron chi connectivity index (χ4n) is 2.49. The highest BCUT2D eigenvalue weighted by Crippen LogP contribution is 2.22. The minimum atomic E-state index is 0.158. The van der Waals surface area contributed by atoms with Crippen molar-refractivity contribution in [2.45, 2.75) is 53.2 Å². The van der Waals surface area contributed by atoms with Crippen molar-refractivity contribution >= 4 is 5.78 Å². The summed E-state index contributed by atoms with van der Waals surface area (Å²) in [6.07, 6.45) is 1.53. The Morgan fingerprint density at radius 2 is 1.88 bits per heavy atom. The highest BCUT2D eigenvalue weighted by Gasteiger charge is 2.05. The summed E-state index contributed by atoms with van der Waals surface area (Å²) in [6, 6.07) is 14.1. The third kappa shape index (κ3) is 5.73. The topological polar surface area (TPSA) is 35.5 Å². The molecule has 0 N–H and O–H groups in total. The molecule has 0 amide bonds. The maximum atomic E-state index is 11.1. The molecule has 3 nitrogen and oxygen atoms in total. The molecule has 0 heterocycles. The van der Waals surface area contributed by atoms with E-state index in [2.05, 4.69) is 6.07 Å². The number of rotatable bonds is 8. The Hall–Kier alpha value is -2.29. The lowest BCUT2D eigenvalue weighted by Gasteiger charge is -2.13. The van der Waals surface area contributed by atoms with Gasteiger partial charge in [-0.3, -0.25) is 0 Å². The molecule has 0 aliphatic rings. The summed E-state index contributed by atoms with van der Waals surface area (Å²) >= 11 is 0. The van der Waals surface area contributed by atoms with Gasteiger partial charge in [0, 0.05) is 6.42 Å². The van der Waals surface area contributed by atoms with Crippen molar-refractivity contribution in [3.63, 3.8) is 0 Å². The van der Waals surface area contributed by atoms with Gasteiger partial charge < -0.3 is 14.3 Å². The third-order valence-corrected chi connectivity index (χ3v) is 3.67. The molecule has 128 valence electrons. The van der Waals surface area contributed by atoms with E-state index in [1.807, 2.05) is 57.2 Å². The molecular weight excluding hydrogens is 300 g/mol. The van der Waals surface area contributed by atoms with Crippen molar-refractivity contribution in [1.29, 1.82) is 0 Å². The Kier molecular flexibility index (Phi) is 6.42. The molecule has 0 atom stereocenters. The van der Waals surface area contributed by atoms with Crippen LogP contribution in [0.15, 0.2) is 42.5 Å². The van der Waals surface area contributed by atoms with Gasteiger partial charge in [0.05, 0.1) is 6.10 Å². The summed E-state index contributed by atoms with van der Waals surface area (Å²) in [5, 5.41) is 0. The van der Waals surface area contributed by atoms with E-state index in [4.69, 9.17) is 9.47 Å². The van der Waals surface area contributed by atoms with Crippen molar-refractivity contribution in [1.82, 2.24) is 0 Å². The van der Waals surface area contributed by atoms with Gasteiger partial charge in [0.1, 0.15) is 23.9 Å². The Morgan fingerprint density at radius 1 is 1.08 bits per heavy atom. The maximum Gasteiger partial charge on any atom is 0.130 e. The Balaban J connectivity index is 1.97. The average Bonchev–Trinajstić information content (AvgIpc) is 2.51. The van der Waals surface area contributed by atoms with Gasteiger partial charge >= 0.3 is 0 Å². The van der Waals surface area contributed by atoms with Crippen molar-refractivity contribution in [2.75, 3.05) is 0 Å². The fourth-order valence-corrected chi connectivity index (χ4v) is 2.49. The molecule has 2 aromatic rings. The summed E-state index contributed by atoms with van der Waals surface area (Å²) in [4.78, 5) is 11.1. The quantitative estimate of drug-likeness (QED) is 0.693. The number of carbonyl (C=O) groups is 1. The molecule has 0 saturated heterocycles. The van der Waals surface area contributed by atoms with Crippen molar-refractivity contribution in [3.05, 3.63) is 59.2 Å². The molecule has 0 fully saturated rings. The first-order valence-electron chi connectivity index (χ1n) is 8.41. The van der Waals surface area contributed by atoms with E-state index in [1.54, 1.807) is 6.92 Å². The summed E-state index contributed by atoms with van der Waals surface area (Å²) in [5.74, 6) is 1.95. The number of ketones is 1. The van der Waals surface area contributed by atoms with Gasteiger partial charge in [-0.2, -0.15) is 0 Å². The van der Waals surface area contributed by atoms with E-state index in [0.29, 0.717) is 13.0 Å². The van der Waals surface area contributed by atoms with Gasteiger partial charge in [0.15, 0.2) is 0 Å². The molecule has 24 heavy (non-hydrogen) atoms. The van der Waals surface area contributed by atoms with Crippen LogP contribution in [0.3, 0.4) is 0 Å². The lowest BCUT2D eigenvalue weighted by molar-refractivity contribution is -0.116. The molecule has 0 spiro atoms. The van der Waals surface area contributed by atoms with Crippen LogP contribution in [-0.2, 0) is 17.8 Å². The van der Waals surface area contributed by atoms with E-state index in [9.17, 15) is 4.79 Å². The van der Waals surface area contributed by atoms with Crippen molar-refractivity contribution in [3.8, 4) is 11.5 Å². The van der Waals surface area contributed by atoms with Gasteiger partial charge in [-0.05, 0) is 69.0 Å².